The second kappa shape index (κ2) is 9.85. The van der Waals surface area contributed by atoms with Crippen LogP contribution in [-0.4, -0.2) is 6.61 Å². The van der Waals surface area contributed by atoms with Crippen LogP contribution in [0.3, 0.4) is 0 Å². The molecule has 0 bridgehead atoms. The zero-order valence-corrected chi connectivity index (χ0v) is 20.0. The van der Waals surface area contributed by atoms with Gasteiger partial charge < -0.3 is 4.74 Å². The first-order chi connectivity index (χ1) is 15.6. The number of benzene rings is 2. The van der Waals surface area contributed by atoms with E-state index in [0.717, 1.165) is 28.9 Å². The third kappa shape index (κ3) is 4.77. The molecule has 1 unspecified atom stereocenters. The molecule has 0 radical (unpaired) electrons. The molecular weight excluding hydrogens is 419 g/mol. The van der Waals surface area contributed by atoms with E-state index in [1.807, 2.05) is 12.1 Å². The summed E-state index contributed by atoms with van der Waals surface area (Å²) in [5.41, 5.74) is 3.75. The average Bonchev–Trinajstić information content (AvgIpc) is 3.67. The molecule has 1 nitrogen and oxygen atoms in total. The quantitative estimate of drug-likeness (QED) is 0.396. The zero-order chi connectivity index (χ0) is 22.1. The summed E-state index contributed by atoms with van der Waals surface area (Å²) >= 11 is 6.38. The van der Waals surface area contributed by atoms with Crippen LogP contribution in [0.25, 0.3) is 11.1 Å². The van der Waals surface area contributed by atoms with Crippen LogP contribution in [0.1, 0.15) is 94.3 Å². The highest BCUT2D eigenvalue weighted by Crippen LogP contribution is 2.45. The molecule has 1 saturated heterocycles. The highest BCUT2D eigenvalue weighted by molar-refractivity contribution is 6.33. The van der Waals surface area contributed by atoms with E-state index < -0.39 is 0 Å². The van der Waals surface area contributed by atoms with Crippen LogP contribution in [0, 0.1) is 23.6 Å². The molecule has 0 N–H and O–H groups in total. The summed E-state index contributed by atoms with van der Waals surface area (Å²) in [6.45, 7) is 2.91. The number of hydrogen-bond donors (Lipinski definition) is 0. The first-order valence-electron chi connectivity index (χ1n) is 12.8. The lowest BCUT2D eigenvalue weighted by atomic mass is 9.68. The molecule has 2 aromatic rings. The summed E-state index contributed by atoms with van der Waals surface area (Å²) in [6.07, 6.45) is 13.9. The Balaban J connectivity index is 1.18. The molecule has 1 aliphatic heterocycles. The number of ether oxygens (including phenoxy) is 1. The third-order valence-electron chi connectivity index (χ3n) is 8.51. The molecule has 172 valence electrons. The standard InChI is InChI=1S/C29H36ClFO/c1-2-3-19-4-6-20(7-5-19)21-8-10-22(11-9-21)23-12-14-24(15-13-23)25-16-17-26(27-18-32-27)29(31)28(25)30/h12-17,19-22,27H,2-11,18H2,1H3. The van der Waals surface area contributed by atoms with E-state index in [-0.39, 0.29) is 16.9 Å². The van der Waals surface area contributed by atoms with Crippen molar-refractivity contribution < 1.29 is 9.13 Å². The van der Waals surface area contributed by atoms with Gasteiger partial charge >= 0.3 is 0 Å². The summed E-state index contributed by atoms with van der Waals surface area (Å²) < 4.78 is 19.9. The van der Waals surface area contributed by atoms with E-state index in [9.17, 15) is 4.39 Å². The van der Waals surface area contributed by atoms with Gasteiger partial charge in [0.1, 0.15) is 11.9 Å². The van der Waals surface area contributed by atoms with Gasteiger partial charge in [0.25, 0.3) is 0 Å². The predicted molar refractivity (Wildman–Crippen MR) is 131 cm³/mol. The maximum Gasteiger partial charge on any atom is 0.148 e. The Labute approximate surface area is 197 Å². The van der Waals surface area contributed by atoms with Crippen LogP contribution < -0.4 is 0 Å². The maximum atomic E-state index is 14.6. The minimum absolute atomic E-state index is 0.120. The first kappa shape index (κ1) is 22.4. The fraction of sp³-hybridized carbons (Fsp3) is 0.586. The molecule has 1 heterocycles. The molecule has 0 amide bonds. The van der Waals surface area contributed by atoms with Crippen molar-refractivity contribution >= 4 is 11.6 Å². The number of epoxide rings is 1. The second-order valence-corrected chi connectivity index (χ2v) is 10.8. The normalized spacial score (nSPS) is 30.3. The smallest absolute Gasteiger partial charge is 0.148 e. The molecular formula is C29H36ClFO. The van der Waals surface area contributed by atoms with Crippen LogP contribution >= 0.6 is 11.6 Å². The highest BCUT2D eigenvalue weighted by atomic mass is 35.5. The monoisotopic (exact) mass is 454 g/mol. The third-order valence-corrected chi connectivity index (χ3v) is 8.88. The number of hydrogen-bond acceptors (Lipinski definition) is 1. The largest absolute Gasteiger partial charge is 0.368 e. The maximum absolute atomic E-state index is 14.6. The fourth-order valence-corrected chi connectivity index (χ4v) is 6.76. The number of rotatable bonds is 6. The molecule has 2 aliphatic carbocycles. The van der Waals surface area contributed by atoms with E-state index in [4.69, 9.17) is 16.3 Å². The molecule has 0 spiro atoms. The van der Waals surface area contributed by atoms with Gasteiger partial charge in [0, 0.05) is 11.1 Å². The van der Waals surface area contributed by atoms with Crippen molar-refractivity contribution in [3.63, 3.8) is 0 Å². The average molecular weight is 455 g/mol. The molecule has 5 rings (SSSR count). The Morgan fingerprint density at radius 1 is 0.875 bits per heavy atom. The van der Waals surface area contributed by atoms with Crippen LogP contribution in [0.5, 0.6) is 0 Å². The molecule has 3 heteroatoms. The Bertz CT molecular complexity index is 903. The van der Waals surface area contributed by atoms with Crippen LogP contribution in [-0.2, 0) is 4.74 Å². The van der Waals surface area contributed by atoms with Crippen molar-refractivity contribution in [1.82, 2.24) is 0 Å². The van der Waals surface area contributed by atoms with Gasteiger partial charge in [0.05, 0.1) is 11.6 Å². The molecule has 3 aliphatic rings. The predicted octanol–water partition coefficient (Wildman–Crippen LogP) is 9.10. The van der Waals surface area contributed by atoms with Gasteiger partial charge in [-0.05, 0) is 73.3 Å². The summed E-state index contributed by atoms with van der Waals surface area (Å²) in [5.74, 6) is 3.26. The van der Waals surface area contributed by atoms with Gasteiger partial charge in [-0.2, -0.15) is 0 Å². The Morgan fingerprint density at radius 2 is 1.50 bits per heavy atom. The van der Waals surface area contributed by atoms with Gasteiger partial charge in [0.15, 0.2) is 0 Å². The van der Waals surface area contributed by atoms with Crippen molar-refractivity contribution in [2.24, 2.45) is 17.8 Å². The molecule has 2 aromatic carbocycles. The lowest BCUT2D eigenvalue weighted by Gasteiger charge is -2.38. The molecule has 1 atom stereocenters. The van der Waals surface area contributed by atoms with Crippen molar-refractivity contribution in [3.8, 4) is 11.1 Å². The van der Waals surface area contributed by atoms with Gasteiger partial charge in [-0.3, -0.25) is 0 Å². The number of halogens is 2. The molecule has 0 aromatic heterocycles. The van der Waals surface area contributed by atoms with Crippen molar-refractivity contribution in [2.75, 3.05) is 6.61 Å². The van der Waals surface area contributed by atoms with Crippen LogP contribution in [0.4, 0.5) is 4.39 Å². The van der Waals surface area contributed by atoms with Gasteiger partial charge in [0.2, 0.25) is 0 Å². The molecule has 32 heavy (non-hydrogen) atoms. The van der Waals surface area contributed by atoms with Gasteiger partial charge in [-0.1, -0.05) is 80.6 Å². The van der Waals surface area contributed by atoms with E-state index in [1.165, 1.54) is 69.8 Å². The van der Waals surface area contributed by atoms with Crippen molar-refractivity contribution in [2.45, 2.75) is 83.2 Å². The molecule has 3 fully saturated rings. The fourth-order valence-electron chi connectivity index (χ4n) is 6.48. The van der Waals surface area contributed by atoms with E-state index in [2.05, 4.69) is 31.2 Å². The highest BCUT2D eigenvalue weighted by Gasteiger charge is 2.32. The van der Waals surface area contributed by atoms with E-state index in [1.54, 1.807) is 0 Å². The Morgan fingerprint density at radius 3 is 2.09 bits per heavy atom. The van der Waals surface area contributed by atoms with Crippen molar-refractivity contribution in [3.05, 3.63) is 58.4 Å². The molecule has 2 saturated carbocycles. The summed E-state index contributed by atoms with van der Waals surface area (Å²) in [6, 6.07) is 12.5. The summed E-state index contributed by atoms with van der Waals surface area (Å²) in [7, 11) is 0. The van der Waals surface area contributed by atoms with Crippen LogP contribution in [0.2, 0.25) is 5.02 Å². The Kier molecular flexibility index (Phi) is 6.90. The minimum Gasteiger partial charge on any atom is -0.368 e. The minimum atomic E-state index is -0.335. The van der Waals surface area contributed by atoms with Crippen LogP contribution in [0.15, 0.2) is 36.4 Å². The summed E-state index contributed by atoms with van der Waals surface area (Å²) in [5, 5.41) is 0.208. The van der Waals surface area contributed by atoms with Crippen molar-refractivity contribution in [1.29, 1.82) is 0 Å². The first-order valence-corrected chi connectivity index (χ1v) is 13.2. The van der Waals surface area contributed by atoms with Gasteiger partial charge in [-0.15, -0.1) is 0 Å². The topological polar surface area (TPSA) is 12.5 Å². The lowest BCUT2D eigenvalue weighted by molar-refractivity contribution is 0.156. The van der Waals surface area contributed by atoms with E-state index in [0.29, 0.717) is 18.1 Å². The zero-order valence-electron chi connectivity index (χ0n) is 19.3. The van der Waals surface area contributed by atoms with E-state index >= 15 is 0 Å². The summed E-state index contributed by atoms with van der Waals surface area (Å²) in [4.78, 5) is 0. The Hall–Kier alpha value is -1.38. The SMILES string of the molecule is CCCC1CCC(C2CCC(c3ccc(-c4ccc(C5CO5)c(F)c4Cl)cc3)CC2)CC1. The second-order valence-electron chi connectivity index (χ2n) is 10.5. The lowest BCUT2D eigenvalue weighted by Crippen LogP contribution is -2.25. The van der Waals surface area contributed by atoms with Gasteiger partial charge in [-0.25, -0.2) is 4.39 Å².